The molecular weight excluding hydrogens is 186 g/mol. The second kappa shape index (κ2) is 4.35. The Bertz CT molecular complexity index is 330. The third-order valence-corrected chi connectivity index (χ3v) is 3.36. The lowest BCUT2D eigenvalue weighted by atomic mass is 9.98. The van der Waals surface area contributed by atoms with E-state index in [0.29, 0.717) is 12.0 Å². The van der Waals surface area contributed by atoms with Gasteiger partial charge in [-0.25, -0.2) is 4.98 Å². The molecule has 0 amide bonds. The van der Waals surface area contributed by atoms with Crippen molar-refractivity contribution in [3.63, 3.8) is 0 Å². The van der Waals surface area contributed by atoms with E-state index in [1.165, 1.54) is 18.7 Å². The SMILES string of the molecule is CCC(C)C1NCCCn2cc(C)nc21. The van der Waals surface area contributed by atoms with Gasteiger partial charge in [0.25, 0.3) is 0 Å². The summed E-state index contributed by atoms with van der Waals surface area (Å²) in [5, 5.41) is 3.62. The number of nitrogens with zero attached hydrogens (tertiary/aromatic N) is 2. The van der Waals surface area contributed by atoms with Gasteiger partial charge in [-0.05, 0) is 25.8 Å². The van der Waals surface area contributed by atoms with Gasteiger partial charge in [0.2, 0.25) is 0 Å². The summed E-state index contributed by atoms with van der Waals surface area (Å²) in [4.78, 5) is 4.66. The molecule has 0 fully saturated rings. The normalized spacial score (nSPS) is 23.3. The Balaban J connectivity index is 2.31. The lowest BCUT2D eigenvalue weighted by molar-refractivity contribution is 0.370. The molecule has 3 heteroatoms. The lowest BCUT2D eigenvalue weighted by Gasteiger charge is -2.21. The van der Waals surface area contributed by atoms with Crippen LogP contribution in [0.2, 0.25) is 0 Å². The Hall–Kier alpha value is -0.830. The minimum Gasteiger partial charge on any atom is -0.333 e. The first-order chi connectivity index (χ1) is 7.22. The minimum absolute atomic E-state index is 0.436. The van der Waals surface area contributed by atoms with E-state index in [1.54, 1.807) is 0 Å². The van der Waals surface area contributed by atoms with Gasteiger partial charge in [-0.1, -0.05) is 20.3 Å². The van der Waals surface area contributed by atoms with Crippen LogP contribution < -0.4 is 5.32 Å². The third-order valence-electron chi connectivity index (χ3n) is 3.36. The van der Waals surface area contributed by atoms with Gasteiger partial charge in [0.15, 0.2) is 0 Å². The molecular formula is C12H21N3. The van der Waals surface area contributed by atoms with Gasteiger partial charge < -0.3 is 9.88 Å². The van der Waals surface area contributed by atoms with E-state index < -0.39 is 0 Å². The summed E-state index contributed by atoms with van der Waals surface area (Å²) in [6.07, 6.45) is 4.58. The van der Waals surface area contributed by atoms with Crippen LogP contribution in [0.5, 0.6) is 0 Å². The molecule has 2 atom stereocenters. The third kappa shape index (κ3) is 2.07. The molecule has 0 aromatic carbocycles. The summed E-state index contributed by atoms with van der Waals surface area (Å²) in [5.41, 5.74) is 1.14. The first kappa shape index (κ1) is 10.7. The van der Waals surface area contributed by atoms with Crippen LogP contribution in [0.25, 0.3) is 0 Å². The fourth-order valence-corrected chi connectivity index (χ4v) is 2.28. The van der Waals surface area contributed by atoms with Gasteiger partial charge in [0.1, 0.15) is 5.82 Å². The fraction of sp³-hybridized carbons (Fsp3) is 0.750. The van der Waals surface area contributed by atoms with Gasteiger partial charge in [0.05, 0.1) is 11.7 Å². The molecule has 1 aromatic rings. The highest BCUT2D eigenvalue weighted by molar-refractivity contribution is 5.08. The first-order valence-corrected chi connectivity index (χ1v) is 5.99. The van der Waals surface area contributed by atoms with Crippen LogP contribution >= 0.6 is 0 Å². The fourth-order valence-electron chi connectivity index (χ4n) is 2.28. The van der Waals surface area contributed by atoms with E-state index in [-0.39, 0.29) is 0 Å². The van der Waals surface area contributed by atoms with Crippen molar-refractivity contribution in [2.45, 2.75) is 46.2 Å². The smallest absolute Gasteiger partial charge is 0.126 e. The summed E-state index contributed by atoms with van der Waals surface area (Å²) in [6.45, 7) is 8.84. The molecule has 0 bridgehead atoms. The molecule has 1 aromatic heterocycles. The maximum absolute atomic E-state index is 4.66. The highest BCUT2D eigenvalue weighted by atomic mass is 15.1. The number of aromatic nitrogens is 2. The van der Waals surface area contributed by atoms with Crippen molar-refractivity contribution in [3.8, 4) is 0 Å². The van der Waals surface area contributed by atoms with Crippen LogP contribution in [0, 0.1) is 12.8 Å². The summed E-state index contributed by atoms with van der Waals surface area (Å²) in [5.74, 6) is 1.89. The zero-order valence-electron chi connectivity index (χ0n) is 9.95. The number of hydrogen-bond donors (Lipinski definition) is 1. The van der Waals surface area contributed by atoms with E-state index in [1.807, 2.05) is 0 Å². The zero-order chi connectivity index (χ0) is 10.8. The van der Waals surface area contributed by atoms with E-state index in [2.05, 4.69) is 41.8 Å². The Morgan fingerprint density at radius 2 is 2.47 bits per heavy atom. The molecule has 0 radical (unpaired) electrons. The van der Waals surface area contributed by atoms with Crippen molar-refractivity contribution in [1.29, 1.82) is 0 Å². The Morgan fingerprint density at radius 3 is 3.20 bits per heavy atom. The van der Waals surface area contributed by atoms with Crippen LogP contribution in [0.1, 0.15) is 44.2 Å². The van der Waals surface area contributed by atoms with Crippen molar-refractivity contribution >= 4 is 0 Å². The Kier molecular flexibility index (Phi) is 3.10. The molecule has 2 unspecified atom stereocenters. The van der Waals surface area contributed by atoms with E-state index in [0.717, 1.165) is 18.8 Å². The molecule has 84 valence electrons. The second-order valence-corrected chi connectivity index (χ2v) is 4.60. The van der Waals surface area contributed by atoms with Crippen LogP contribution in [-0.2, 0) is 6.54 Å². The molecule has 1 aliphatic rings. The molecule has 1 N–H and O–H groups in total. The maximum Gasteiger partial charge on any atom is 0.126 e. The van der Waals surface area contributed by atoms with Crippen molar-refractivity contribution in [2.24, 2.45) is 5.92 Å². The number of nitrogens with one attached hydrogen (secondary N) is 1. The monoisotopic (exact) mass is 207 g/mol. The molecule has 0 spiro atoms. The Labute approximate surface area is 91.9 Å². The maximum atomic E-state index is 4.66. The second-order valence-electron chi connectivity index (χ2n) is 4.60. The lowest BCUT2D eigenvalue weighted by Crippen LogP contribution is -2.27. The predicted molar refractivity (Wildman–Crippen MR) is 61.8 cm³/mol. The summed E-state index contributed by atoms with van der Waals surface area (Å²) in [7, 11) is 0. The molecule has 0 saturated heterocycles. The van der Waals surface area contributed by atoms with Gasteiger partial charge in [-0.2, -0.15) is 0 Å². The average Bonchev–Trinajstić information content (AvgIpc) is 2.48. The molecule has 2 rings (SSSR count). The number of aryl methyl sites for hydroxylation is 2. The first-order valence-electron chi connectivity index (χ1n) is 5.99. The van der Waals surface area contributed by atoms with Gasteiger partial charge in [-0.15, -0.1) is 0 Å². The van der Waals surface area contributed by atoms with Gasteiger partial charge in [0, 0.05) is 12.7 Å². The van der Waals surface area contributed by atoms with Crippen molar-refractivity contribution < 1.29 is 0 Å². The van der Waals surface area contributed by atoms with Gasteiger partial charge in [-0.3, -0.25) is 0 Å². The Morgan fingerprint density at radius 1 is 1.67 bits per heavy atom. The minimum atomic E-state index is 0.436. The van der Waals surface area contributed by atoms with Crippen molar-refractivity contribution in [3.05, 3.63) is 17.7 Å². The number of fused-ring (bicyclic) bond motifs is 1. The van der Waals surface area contributed by atoms with Crippen LogP contribution in [-0.4, -0.2) is 16.1 Å². The molecule has 1 aliphatic heterocycles. The zero-order valence-corrected chi connectivity index (χ0v) is 9.95. The number of rotatable bonds is 2. The van der Waals surface area contributed by atoms with Crippen LogP contribution in [0.4, 0.5) is 0 Å². The van der Waals surface area contributed by atoms with Crippen molar-refractivity contribution in [2.75, 3.05) is 6.54 Å². The highest BCUT2D eigenvalue weighted by Crippen LogP contribution is 2.25. The summed E-state index contributed by atoms with van der Waals surface area (Å²) >= 11 is 0. The summed E-state index contributed by atoms with van der Waals surface area (Å²) < 4.78 is 2.33. The number of hydrogen-bond acceptors (Lipinski definition) is 2. The van der Waals surface area contributed by atoms with Crippen LogP contribution in [0.15, 0.2) is 6.20 Å². The molecule has 0 saturated carbocycles. The topological polar surface area (TPSA) is 29.9 Å². The quantitative estimate of drug-likeness (QED) is 0.806. The standard InChI is InChI=1S/C12H21N3/c1-4-9(2)11-12-14-10(3)8-15(12)7-5-6-13-11/h8-9,11,13H,4-7H2,1-3H3. The van der Waals surface area contributed by atoms with E-state index in [9.17, 15) is 0 Å². The van der Waals surface area contributed by atoms with Crippen LogP contribution in [0.3, 0.4) is 0 Å². The van der Waals surface area contributed by atoms with Crippen molar-refractivity contribution in [1.82, 2.24) is 14.9 Å². The average molecular weight is 207 g/mol. The largest absolute Gasteiger partial charge is 0.333 e. The predicted octanol–water partition coefficient (Wildman–Crippen LogP) is 2.27. The number of imidazole rings is 1. The summed E-state index contributed by atoms with van der Waals surface area (Å²) in [6, 6.07) is 0.436. The molecule has 2 heterocycles. The molecule has 3 nitrogen and oxygen atoms in total. The molecule has 0 aliphatic carbocycles. The van der Waals surface area contributed by atoms with E-state index >= 15 is 0 Å². The highest BCUT2D eigenvalue weighted by Gasteiger charge is 2.24. The molecule has 15 heavy (non-hydrogen) atoms. The van der Waals surface area contributed by atoms with E-state index in [4.69, 9.17) is 0 Å². The van der Waals surface area contributed by atoms with Gasteiger partial charge >= 0.3 is 0 Å².